The standard InChI is InChI=1S/C24H23F6NO5/c1-5-36-21(33)31-17-12-19(35-4)18(34-3)10-13(17)6-7-22(31,2)20(32)14-8-15(23(25,26)27)11-16(9-14)24(28,29)30/h8-12H,5-7H2,1-4H3. The van der Waals surface area contributed by atoms with Crippen LogP contribution in [0, 0.1) is 0 Å². The van der Waals surface area contributed by atoms with Gasteiger partial charge in [-0.2, -0.15) is 26.3 Å². The van der Waals surface area contributed by atoms with Crippen LogP contribution in [0.15, 0.2) is 30.3 Å². The van der Waals surface area contributed by atoms with Crippen molar-refractivity contribution in [2.45, 2.75) is 44.6 Å². The molecule has 12 heteroatoms. The molecule has 1 atom stereocenters. The molecule has 0 aromatic heterocycles. The van der Waals surface area contributed by atoms with Crippen molar-refractivity contribution in [3.8, 4) is 11.5 Å². The van der Waals surface area contributed by atoms with E-state index in [0.29, 0.717) is 23.4 Å². The van der Waals surface area contributed by atoms with Crippen molar-refractivity contribution in [2.24, 2.45) is 0 Å². The predicted octanol–water partition coefficient (Wildman–Crippen LogP) is 6.29. The Kier molecular flexibility index (Phi) is 7.20. The highest BCUT2D eigenvalue weighted by Gasteiger charge is 2.49. The van der Waals surface area contributed by atoms with Crippen molar-refractivity contribution in [1.29, 1.82) is 0 Å². The van der Waals surface area contributed by atoms with Gasteiger partial charge in [0, 0.05) is 11.6 Å². The van der Waals surface area contributed by atoms with Gasteiger partial charge in [0.1, 0.15) is 5.54 Å². The second kappa shape index (κ2) is 9.55. The molecule has 0 saturated heterocycles. The third kappa shape index (κ3) is 4.93. The zero-order chi connectivity index (χ0) is 27.1. The van der Waals surface area contributed by atoms with Gasteiger partial charge in [0.25, 0.3) is 0 Å². The fourth-order valence-electron chi connectivity index (χ4n) is 4.17. The van der Waals surface area contributed by atoms with Crippen LogP contribution in [0.5, 0.6) is 11.5 Å². The Hall–Kier alpha value is -3.44. The smallest absolute Gasteiger partial charge is 0.416 e. The molecule has 0 fully saturated rings. The number of methoxy groups -OCH3 is 2. The topological polar surface area (TPSA) is 65.1 Å². The molecule has 1 aliphatic heterocycles. The average Bonchev–Trinajstić information content (AvgIpc) is 2.81. The maximum absolute atomic E-state index is 13.6. The van der Waals surface area contributed by atoms with Crippen LogP contribution >= 0.6 is 0 Å². The molecule has 1 unspecified atom stereocenters. The summed E-state index contributed by atoms with van der Waals surface area (Å²) in [6.45, 7) is 2.70. The number of benzene rings is 2. The van der Waals surface area contributed by atoms with E-state index < -0.39 is 46.5 Å². The number of aryl methyl sites for hydroxylation is 1. The molecule has 1 amide bonds. The number of halogens is 6. The fraction of sp³-hybridized carbons (Fsp3) is 0.417. The van der Waals surface area contributed by atoms with E-state index in [0.717, 1.165) is 4.90 Å². The van der Waals surface area contributed by atoms with Crippen molar-refractivity contribution < 1.29 is 50.1 Å². The Balaban J connectivity index is 2.22. The van der Waals surface area contributed by atoms with Gasteiger partial charge in [-0.25, -0.2) is 4.79 Å². The number of ether oxygens (including phenoxy) is 3. The molecular formula is C24H23F6NO5. The van der Waals surface area contributed by atoms with Crippen molar-refractivity contribution in [3.05, 3.63) is 52.6 Å². The molecule has 0 aliphatic carbocycles. The third-order valence-electron chi connectivity index (χ3n) is 5.99. The number of ketones is 1. The summed E-state index contributed by atoms with van der Waals surface area (Å²) >= 11 is 0. The molecule has 1 heterocycles. The highest BCUT2D eigenvalue weighted by atomic mass is 19.4. The fourth-order valence-corrected chi connectivity index (χ4v) is 4.17. The van der Waals surface area contributed by atoms with Crippen LogP contribution in [0.25, 0.3) is 0 Å². The summed E-state index contributed by atoms with van der Waals surface area (Å²) < 4.78 is 96.1. The van der Waals surface area contributed by atoms with E-state index in [1.54, 1.807) is 6.07 Å². The molecule has 0 saturated carbocycles. The molecule has 36 heavy (non-hydrogen) atoms. The maximum Gasteiger partial charge on any atom is 0.416 e. The number of amides is 1. The van der Waals surface area contributed by atoms with Crippen LogP contribution < -0.4 is 14.4 Å². The molecule has 3 rings (SSSR count). The lowest BCUT2D eigenvalue weighted by Gasteiger charge is -2.44. The minimum Gasteiger partial charge on any atom is -0.493 e. The van der Waals surface area contributed by atoms with Crippen molar-refractivity contribution >= 4 is 17.6 Å². The average molecular weight is 519 g/mol. The third-order valence-corrected chi connectivity index (χ3v) is 5.99. The first kappa shape index (κ1) is 27.2. The number of Topliss-reactive ketones (excluding diaryl/α,β-unsaturated/α-hetero) is 1. The second-order valence-electron chi connectivity index (χ2n) is 8.27. The van der Waals surface area contributed by atoms with Crippen LogP contribution in [0.4, 0.5) is 36.8 Å². The van der Waals surface area contributed by atoms with Gasteiger partial charge < -0.3 is 14.2 Å². The molecule has 0 radical (unpaired) electrons. The van der Waals surface area contributed by atoms with Crippen molar-refractivity contribution in [3.63, 3.8) is 0 Å². The molecule has 2 aromatic carbocycles. The quantitative estimate of drug-likeness (QED) is 0.343. The van der Waals surface area contributed by atoms with Gasteiger partial charge in [-0.15, -0.1) is 0 Å². The number of hydrogen-bond acceptors (Lipinski definition) is 5. The lowest BCUT2D eigenvalue weighted by molar-refractivity contribution is -0.143. The Morgan fingerprint density at radius 1 is 0.917 bits per heavy atom. The number of alkyl halides is 6. The summed E-state index contributed by atoms with van der Waals surface area (Å²) in [7, 11) is 2.74. The van der Waals surface area contributed by atoms with E-state index in [1.807, 2.05) is 0 Å². The lowest BCUT2D eigenvalue weighted by atomic mass is 9.79. The van der Waals surface area contributed by atoms with Gasteiger partial charge in [-0.1, -0.05) is 0 Å². The molecule has 1 aliphatic rings. The number of nitrogens with zero attached hydrogens (tertiary/aromatic N) is 1. The summed E-state index contributed by atoms with van der Waals surface area (Å²) in [6, 6.07) is 3.64. The van der Waals surface area contributed by atoms with Crippen LogP contribution in [0.3, 0.4) is 0 Å². The SMILES string of the molecule is CCOC(=O)N1c2cc(OC)c(OC)cc2CCC1(C)C(=O)c1cc(C(F)(F)F)cc(C(F)(F)F)c1. The number of anilines is 1. The molecular weight excluding hydrogens is 496 g/mol. The molecule has 2 aromatic rings. The van der Waals surface area contributed by atoms with Gasteiger partial charge in [0.2, 0.25) is 0 Å². The van der Waals surface area contributed by atoms with Gasteiger partial charge in [-0.05, 0) is 56.5 Å². The van der Waals surface area contributed by atoms with E-state index in [-0.39, 0.29) is 37.0 Å². The van der Waals surface area contributed by atoms with E-state index in [9.17, 15) is 35.9 Å². The number of fused-ring (bicyclic) bond motifs is 1. The molecule has 0 N–H and O–H groups in total. The monoisotopic (exact) mass is 519 g/mol. The van der Waals surface area contributed by atoms with Gasteiger partial charge in [-0.3, -0.25) is 9.69 Å². The zero-order valence-electron chi connectivity index (χ0n) is 19.8. The van der Waals surface area contributed by atoms with Crippen LogP contribution in [0.2, 0.25) is 0 Å². The normalized spacial score (nSPS) is 17.9. The van der Waals surface area contributed by atoms with Crippen LogP contribution in [-0.4, -0.2) is 38.2 Å². The Bertz CT molecular complexity index is 1140. The lowest BCUT2D eigenvalue weighted by Crippen LogP contribution is -2.58. The first-order valence-electron chi connectivity index (χ1n) is 10.7. The first-order chi connectivity index (χ1) is 16.7. The van der Waals surface area contributed by atoms with Crippen molar-refractivity contribution in [1.82, 2.24) is 0 Å². The van der Waals surface area contributed by atoms with Crippen molar-refractivity contribution in [2.75, 3.05) is 25.7 Å². The van der Waals surface area contributed by atoms with E-state index in [4.69, 9.17) is 14.2 Å². The van der Waals surface area contributed by atoms with Gasteiger partial charge in [0.05, 0.1) is 37.6 Å². The largest absolute Gasteiger partial charge is 0.493 e. The summed E-state index contributed by atoms with van der Waals surface area (Å²) in [5, 5.41) is 0. The summed E-state index contributed by atoms with van der Waals surface area (Å²) in [5.74, 6) is -0.573. The number of carbonyl (C=O) groups excluding carboxylic acids is 2. The second-order valence-corrected chi connectivity index (χ2v) is 8.27. The van der Waals surface area contributed by atoms with Crippen LogP contribution in [-0.2, 0) is 23.5 Å². The molecule has 6 nitrogen and oxygen atoms in total. The summed E-state index contributed by atoms with van der Waals surface area (Å²) in [6.07, 6.45) is -11.2. The Morgan fingerprint density at radius 3 is 1.92 bits per heavy atom. The predicted molar refractivity (Wildman–Crippen MR) is 117 cm³/mol. The maximum atomic E-state index is 13.6. The highest BCUT2D eigenvalue weighted by molar-refractivity contribution is 6.10. The minimum atomic E-state index is -5.14. The number of hydrogen-bond donors (Lipinski definition) is 0. The van der Waals surface area contributed by atoms with Gasteiger partial charge >= 0.3 is 18.4 Å². The van der Waals surface area contributed by atoms with Crippen LogP contribution in [0.1, 0.15) is 47.3 Å². The van der Waals surface area contributed by atoms with E-state index >= 15 is 0 Å². The highest BCUT2D eigenvalue weighted by Crippen LogP contribution is 2.45. The molecule has 196 valence electrons. The number of rotatable bonds is 5. The first-order valence-corrected chi connectivity index (χ1v) is 10.7. The molecule has 0 bridgehead atoms. The van der Waals surface area contributed by atoms with E-state index in [1.165, 1.54) is 34.1 Å². The minimum absolute atomic E-state index is 0.0600. The summed E-state index contributed by atoms with van der Waals surface area (Å²) in [4.78, 5) is 27.6. The Morgan fingerprint density at radius 2 is 1.44 bits per heavy atom. The van der Waals surface area contributed by atoms with Gasteiger partial charge in [0.15, 0.2) is 17.3 Å². The molecule has 0 spiro atoms. The zero-order valence-corrected chi connectivity index (χ0v) is 19.8. The van der Waals surface area contributed by atoms with E-state index in [2.05, 4.69) is 0 Å². The Labute approximate surface area is 202 Å². The number of carbonyl (C=O) groups is 2. The summed E-state index contributed by atoms with van der Waals surface area (Å²) in [5.41, 5.74) is -5.25.